The maximum atomic E-state index is 12.8. The molecule has 1 saturated heterocycles. The van der Waals surface area contributed by atoms with Gasteiger partial charge in [0.2, 0.25) is 0 Å². The van der Waals surface area contributed by atoms with Crippen LogP contribution in [0.15, 0.2) is 29.1 Å². The monoisotopic (exact) mass is 569 g/mol. The quantitative estimate of drug-likeness (QED) is 0.219. The summed E-state index contributed by atoms with van der Waals surface area (Å²) in [6.45, 7) is 6.22. The number of aromatic amines is 1. The lowest BCUT2D eigenvalue weighted by molar-refractivity contribution is -0.139. The number of esters is 1. The van der Waals surface area contributed by atoms with Gasteiger partial charge in [-0.2, -0.15) is 9.97 Å². The van der Waals surface area contributed by atoms with E-state index in [1.807, 2.05) is 12.1 Å². The number of nitrogen functional groups attached to an aromatic ring is 1. The Morgan fingerprint density at radius 2 is 2.00 bits per heavy atom. The summed E-state index contributed by atoms with van der Waals surface area (Å²) in [4.78, 5) is 40.7. The number of hydrogen-bond donors (Lipinski definition) is 2. The van der Waals surface area contributed by atoms with Crippen molar-refractivity contribution in [1.82, 2.24) is 29.3 Å². The standard InChI is InChI=1S/C29H43N7O5/c1-34(19-23-8-4-7-22(17-23)18-24(37)40-3)11-6-13-35-12-5-9-21(10-14-35)20-36-27-25(31-29(36)38)26(30)32-28(33-27)41-16-15-39-2/h4,7-8,17,21H,5-6,9-16,18-20H2,1-3H3,(H,31,38)(H2,30,32,33). The average Bonchev–Trinajstić information content (AvgIpc) is 3.10. The minimum absolute atomic E-state index is 0.144. The van der Waals surface area contributed by atoms with Crippen LogP contribution in [0.4, 0.5) is 5.82 Å². The summed E-state index contributed by atoms with van der Waals surface area (Å²) in [7, 11) is 5.14. The topological polar surface area (TPSA) is 141 Å². The summed E-state index contributed by atoms with van der Waals surface area (Å²) in [5.41, 5.74) is 8.96. The van der Waals surface area contributed by atoms with Gasteiger partial charge in [0.05, 0.1) is 20.1 Å². The highest BCUT2D eigenvalue weighted by molar-refractivity contribution is 5.81. The second-order valence-corrected chi connectivity index (χ2v) is 10.8. The smallest absolute Gasteiger partial charge is 0.327 e. The molecule has 1 fully saturated rings. The number of H-pyrrole nitrogens is 1. The van der Waals surface area contributed by atoms with E-state index < -0.39 is 0 Å². The molecule has 1 aliphatic heterocycles. The molecular formula is C29H43N7O5. The first-order valence-electron chi connectivity index (χ1n) is 14.3. The van der Waals surface area contributed by atoms with Crippen molar-refractivity contribution < 1.29 is 19.0 Å². The SMILES string of the molecule is COCCOc1nc(N)c2[nH]c(=O)n(CC3CCCN(CCCN(C)Cc4cccc(CC(=O)OC)c4)CC3)c2n1. The highest BCUT2D eigenvalue weighted by Crippen LogP contribution is 2.23. The van der Waals surface area contributed by atoms with Gasteiger partial charge in [0.25, 0.3) is 0 Å². The van der Waals surface area contributed by atoms with E-state index in [0.29, 0.717) is 43.3 Å². The fraction of sp³-hybridized carbons (Fsp3) is 0.586. The number of carbonyl (C=O) groups excluding carboxylic acids is 1. The predicted octanol–water partition coefficient (Wildman–Crippen LogP) is 2.07. The zero-order valence-electron chi connectivity index (χ0n) is 24.4. The lowest BCUT2D eigenvalue weighted by atomic mass is 10.0. The van der Waals surface area contributed by atoms with Crippen LogP contribution < -0.4 is 16.2 Å². The minimum atomic E-state index is -0.227. The summed E-state index contributed by atoms with van der Waals surface area (Å²) >= 11 is 0. The minimum Gasteiger partial charge on any atom is -0.469 e. The molecule has 0 aliphatic carbocycles. The number of ether oxygens (including phenoxy) is 3. The van der Waals surface area contributed by atoms with E-state index in [2.05, 4.69) is 43.9 Å². The zero-order valence-corrected chi connectivity index (χ0v) is 24.4. The molecule has 12 nitrogen and oxygen atoms in total. The van der Waals surface area contributed by atoms with Gasteiger partial charge in [-0.3, -0.25) is 9.36 Å². The van der Waals surface area contributed by atoms with E-state index in [1.165, 1.54) is 12.7 Å². The molecule has 3 aromatic rings. The number of nitrogens with two attached hydrogens (primary N) is 1. The van der Waals surface area contributed by atoms with Crippen molar-refractivity contribution in [1.29, 1.82) is 0 Å². The number of likely N-dealkylation sites (tertiary alicyclic amines) is 1. The Morgan fingerprint density at radius 3 is 2.80 bits per heavy atom. The Balaban J connectivity index is 1.25. The third-order valence-electron chi connectivity index (χ3n) is 7.56. The van der Waals surface area contributed by atoms with Crippen molar-refractivity contribution in [3.63, 3.8) is 0 Å². The van der Waals surface area contributed by atoms with Crippen LogP contribution in [0.2, 0.25) is 0 Å². The molecule has 224 valence electrons. The van der Waals surface area contributed by atoms with Crippen molar-refractivity contribution in [2.24, 2.45) is 5.92 Å². The molecule has 4 rings (SSSR count). The summed E-state index contributed by atoms with van der Waals surface area (Å²) in [6, 6.07) is 8.28. The number of imidazole rings is 1. The van der Waals surface area contributed by atoms with E-state index in [9.17, 15) is 9.59 Å². The van der Waals surface area contributed by atoms with Crippen LogP contribution >= 0.6 is 0 Å². The van der Waals surface area contributed by atoms with Crippen LogP contribution in [0.5, 0.6) is 6.01 Å². The number of rotatable bonds is 14. The van der Waals surface area contributed by atoms with Crippen molar-refractivity contribution in [2.75, 3.05) is 66.4 Å². The molecule has 0 radical (unpaired) electrons. The zero-order chi connectivity index (χ0) is 29.2. The van der Waals surface area contributed by atoms with Gasteiger partial charge in [-0.1, -0.05) is 24.3 Å². The highest BCUT2D eigenvalue weighted by atomic mass is 16.5. The Morgan fingerprint density at radius 1 is 1.17 bits per heavy atom. The lowest BCUT2D eigenvalue weighted by Crippen LogP contribution is -2.29. The molecular weight excluding hydrogens is 526 g/mol. The molecule has 0 saturated carbocycles. The van der Waals surface area contributed by atoms with Gasteiger partial charge in [-0.25, -0.2) is 4.79 Å². The van der Waals surface area contributed by atoms with Gasteiger partial charge in [0, 0.05) is 20.2 Å². The Hall–Kier alpha value is -3.48. The summed E-state index contributed by atoms with van der Waals surface area (Å²) in [5.74, 6) is 0.342. The molecule has 1 atom stereocenters. The molecule has 1 aromatic carbocycles. The molecule has 41 heavy (non-hydrogen) atoms. The van der Waals surface area contributed by atoms with Crippen LogP contribution in [0, 0.1) is 5.92 Å². The Labute approximate surface area is 240 Å². The molecule has 1 aliphatic rings. The normalized spacial score (nSPS) is 16.2. The van der Waals surface area contributed by atoms with E-state index in [0.717, 1.165) is 64.0 Å². The maximum absolute atomic E-state index is 12.8. The number of aromatic nitrogens is 4. The summed E-state index contributed by atoms with van der Waals surface area (Å²) < 4.78 is 17.0. The molecule has 2 aromatic heterocycles. The van der Waals surface area contributed by atoms with Crippen LogP contribution in [-0.4, -0.2) is 95.9 Å². The first kappa shape index (κ1) is 30.5. The van der Waals surface area contributed by atoms with Gasteiger partial charge in [-0.05, 0) is 76.0 Å². The maximum Gasteiger partial charge on any atom is 0.327 e. The highest BCUT2D eigenvalue weighted by Gasteiger charge is 2.21. The number of benzene rings is 1. The second-order valence-electron chi connectivity index (χ2n) is 10.8. The second kappa shape index (κ2) is 14.9. The number of methoxy groups -OCH3 is 2. The van der Waals surface area contributed by atoms with Crippen molar-refractivity contribution >= 4 is 23.0 Å². The van der Waals surface area contributed by atoms with E-state index >= 15 is 0 Å². The van der Waals surface area contributed by atoms with Gasteiger partial charge >= 0.3 is 17.7 Å². The van der Waals surface area contributed by atoms with Crippen LogP contribution in [0.1, 0.15) is 36.8 Å². The summed E-state index contributed by atoms with van der Waals surface area (Å²) in [5, 5.41) is 0. The molecule has 1 unspecified atom stereocenters. The first-order chi connectivity index (χ1) is 19.9. The summed E-state index contributed by atoms with van der Waals surface area (Å²) in [6.07, 6.45) is 4.53. The number of fused-ring (bicyclic) bond motifs is 1. The number of hydrogen-bond acceptors (Lipinski definition) is 10. The van der Waals surface area contributed by atoms with Crippen LogP contribution in [-0.2, 0) is 33.8 Å². The number of nitrogens with zero attached hydrogens (tertiary/aromatic N) is 5. The van der Waals surface area contributed by atoms with E-state index in [4.69, 9.17) is 19.9 Å². The third-order valence-corrected chi connectivity index (χ3v) is 7.56. The molecule has 3 heterocycles. The van der Waals surface area contributed by atoms with Gasteiger partial charge < -0.3 is 34.7 Å². The van der Waals surface area contributed by atoms with Crippen molar-refractivity contribution in [3.8, 4) is 6.01 Å². The number of nitrogens with one attached hydrogen (secondary N) is 1. The molecule has 12 heteroatoms. The molecule has 0 amide bonds. The molecule has 0 bridgehead atoms. The van der Waals surface area contributed by atoms with Gasteiger partial charge in [-0.15, -0.1) is 0 Å². The van der Waals surface area contributed by atoms with Crippen LogP contribution in [0.25, 0.3) is 11.2 Å². The van der Waals surface area contributed by atoms with E-state index in [1.54, 1.807) is 11.7 Å². The lowest BCUT2D eigenvalue weighted by Gasteiger charge is -2.23. The fourth-order valence-corrected chi connectivity index (χ4v) is 5.40. The fourth-order valence-electron chi connectivity index (χ4n) is 5.40. The third kappa shape index (κ3) is 8.75. The average molecular weight is 570 g/mol. The molecule has 0 spiro atoms. The van der Waals surface area contributed by atoms with Crippen LogP contribution in [0.3, 0.4) is 0 Å². The van der Waals surface area contributed by atoms with Crippen molar-refractivity contribution in [3.05, 3.63) is 45.9 Å². The van der Waals surface area contributed by atoms with E-state index in [-0.39, 0.29) is 23.5 Å². The van der Waals surface area contributed by atoms with Gasteiger partial charge in [0.15, 0.2) is 11.5 Å². The predicted molar refractivity (Wildman–Crippen MR) is 157 cm³/mol. The Kier molecular flexibility index (Phi) is 11.1. The van der Waals surface area contributed by atoms with Gasteiger partial charge in [0.1, 0.15) is 12.1 Å². The number of anilines is 1. The Bertz CT molecular complexity index is 1340. The molecule has 3 N–H and O–H groups in total. The largest absolute Gasteiger partial charge is 0.469 e. The van der Waals surface area contributed by atoms with Crippen molar-refractivity contribution in [2.45, 2.75) is 45.2 Å². The number of carbonyl (C=O) groups is 1. The first-order valence-corrected chi connectivity index (χ1v) is 14.3.